The highest BCUT2D eigenvalue weighted by Gasteiger charge is 2.37. The van der Waals surface area contributed by atoms with Gasteiger partial charge in [-0.2, -0.15) is 0 Å². The molecule has 2 heterocycles. The third-order valence-corrected chi connectivity index (χ3v) is 11.5. The molecule has 0 saturated carbocycles. The SMILES string of the molecule is C[C@H]1COc2nc(C(=O)NCCO[Si](C)(C)C(C)(C)C)c(Cc3ccc(F)cc3)cc2N1C(=O)CCl. The summed E-state index contributed by atoms with van der Waals surface area (Å²) in [5.74, 6) is -0.970. The number of carbonyl (C=O) groups is 2. The minimum absolute atomic E-state index is 0.0696. The Hall–Kier alpha value is -2.49. The Morgan fingerprint density at radius 2 is 1.94 bits per heavy atom. The van der Waals surface area contributed by atoms with Crippen LogP contribution in [0.15, 0.2) is 30.3 Å². The summed E-state index contributed by atoms with van der Waals surface area (Å²) in [6.07, 6.45) is 0.321. The molecule has 2 amide bonds. The van der Waals surface area contributed by atoms with Crippen LogP contribution in [0.25, 0.3) is 0 Å². The zero-order valence-electron chi connectivity index (χ0n) is 21.8. The van der Waals surface area contributed by atoms with Crippen LogP contribution in [-0.2, 0) is 15.6 Å². The highest BCUT2D eigenvalue weighted by Crippen LogP contribution is 2.37. The van der Waals surface area contributed by atoms with Gasteiger partial charge in [0, 0.05) is 6.54 Å². The number of pyridine rings is 1. The van der Waals surface area contributed by atoms with E-state index in [0.717, 1.165) is 5.56 Å². The zero-order valence-corrected chi connectivity index (χ0v) is 23.5. The number of benzene rings is 1. The van der Waals surface area contributed by atoms with E-state index in [-0.39, 0.29) is 52.8 Å². The summed E-state index contributed by atoms with van der Waals surface area (Å²) >= 11 is 5.85. The molecule has 1 N–H and O–H groups in total. The van der Waals surface area contributed by atoms with Gasteiger partial charge in [0.05, 0.1) is 12.6 Å². The Labute approximate surface area is 218 Å². The Balaban J connectivity index is 1.88. The van der Waals surface area contributed by atoms with Crippen LogP contribution in [0.2, 0.25) is 18.1 Å². The molecule has 36 heavy (non-hydrogen) atoms. The van der Waals surface area contributed by atoms with Crippen molar-refractivity contribution >= 4 is 37.4 Å². The molecule has 0 aliphatic carbocycles. The number of amides is 2. The third kappa shape index (κ3) is 6.43. The Kier molecular flexibility index (Phi) is 8.79. The van der Waals surface area contributed by atoms with Gasteiger partial charge < -0.3 is 19.4 Å². The first kappa shape index (κ1) is 28.1. The molecule has 1 aliphatic rings. The average molecular weight is 536 g/mol. The first-order valence-corrected chi connectivity index (χ1v) is 15.5. The van der Waals surface area contributed by atoms with Gasteiger partial charge in [-0.1, -0.05) is 32.9 Å². The van der Waals surface area contributed by atoms with E-state index < -0.39 is 8.32 Å². The van der Waals surface area contributed by atoms with Gasteiger partial charge in [0.15, 0.2) is 8.32 Å². The second-order valence-corrected chi connectivity index (χ2v) is 15.6. The Morgan fingerprint density at radius 1 is 1.28 bits per heavy atom. The number of aromatic nitrogens is 1. The summed E-state index contributed by atoms with van der Waals surface area (Å²) in [6, 6.07) is 7.55. The van der Waals surface area contributed by atoms with Gasteiger partial charge in [-0.15, -0.1) is 11.6 Å². The fourth-order valence-corrected chi connectivity index (χ4v) is 4.86. The molecule has 0 spiro atoms. The molecule has 0 fully saturated rings. The van der Waals surface area contributed by atoms with E-state index in [2.05, 4.69) is 44.2 Å². The second-order valence-electron chi connectivity index (χ2n) is 10.5. The maximum atomic E-state index is 13.5. The van der Waals surface area contributed by atoms with Crippen molar-refractivity contribution in [2.75, 3.05) is 30.5 Å². The molecular formula is C26H35ClFN3O4Si. The van der Waals surface area contributed by atoms with Crippen molar-refractivity contribution in [3.8, 4) is 5.88 Å². The van der Waals surface area contributed by atoms with E-state index in [1.807, 2.05) is 6.92 Å². The number of carbonyl (C=O) groups excluding carboxylic acids is 2. The Morgan fingerprint density at radius 3 is 2.56 bits per heavy atom. The number of rotatable bonds is 8. The number of alkyl halides is 1. The lowest BCUT2D eigenvalue weighted by Gasteiger charge is -2.36. The van der Waals surface area contributed by atoms with Crippen molar-refractivity contribution < 1.29 is 23.1 Å². The lowest BCUT2D eigenvalue weighted by Crippen LogP contribution is -2.46. The smallest absolute Gasteiger partial charge is 0.270 e. The van der Waals surface area contributed by atoms with E-state index in [4.69, 9.17) is 20.8 Å². The molecule has 10 heteroatoms. The van der Waals surface area contributed by atoms with Crippen LogP contribution in [0.1, 0.15) is 49.3 Å². The summed E-state index contributed by atoms with van der Waals surface area (Å²) in [5, 5.41) is 2.97. The maximum Gasteiger partial charge on any atom is 0.270 e. The summed E-state index contributed by atoms with van der Waals surface area (Å²) in [5.41, 5.74) is 2.05. The largest absolute Gasteiger partial charge is 0.474 e. The van der Waals surface area contributed by atoms with Gasteiger partial charge >= 0.3 is 0 Å². The number of hydrogen-bond donors (Lipinski definition) is 1. The molecule has 196 valence electrons. The minimum atomic E-state index is -1.94. The number of fused-ring (bicyclic) bond motifs is 1. The van der Waals surface area contributed by atoms with Gasteiger partial charge in [-0.25, -0.2) is 9.37 Å². The average Bonchev–Trinajstić information content (AvgIpc) is 2.81. The molecule has 7 nitrogen and oxygen atoms in total. The molecule has 1 aromatic heterocycles. The number of nitrogens with one attached hydrogen (secondary N) is 1. The fraction of sp³-hybridized carbons (Fsp3) is 0.500. The number of halogens is 2. The molecule has 2 aromatic rings. The van der Waals surface area contributed by atoms with E-state index in [0.29, 0.717) is 30.8 Å². The van der Waals surface area contributed by atoms with Crippen LogP contribution in [-0.4, -0.2) is 56.8 Å². The molecule has 3 rings (SSSR count). The van der Waals surface area contributed by atoms with Crippen LogP contribution in [0.3, 0.4) is 0 Å². The second kappa shape index (κ2) is 11.3. The predicted molar refractivity (Wildman–Crippen MR) is 142 cm³/mol. The van der Waals surface area contributed by atoms with E-state index >= 15 is 0 Å². The molecule has 1 aromatic carbocycles. The number of ether oxygens (including phenoxy) is 1. The number of nitrogens with zero attached hydrogens (tertiary/aromatic N) is 2. The first-order valence-electron chi connectivity index (χ1n) is 12.1. The zero-order chi connectivity index (χ0) is 26.7. The van der Waals surface area contributed by atoms with Crippen molar-refractivity contribution in [3.05, 3.63) is 53.0 Å². The molecular weight excluding hydrogens is 501 g/mol. The van der Waals surface area contributed by atoms with Crippen LogP contribution >= 0.6 is 11.6 Å². The molecule has 1 aliphatic heterocycles. The molecule has 0 saturated heterocycles. The van der Waals surface area contributed by atoms with Crippen molar-refractivity contribution in [2.24, 2.45) is 0 Å². The normalized spacial score (nSPS) is 15.8. The van der Waals surface area contributed by atoms with Gasteiger partial charge in [0.1, 0.15) is 29.7 Å². The highest BCUT2D eigenvalue weighted by molar-refractivity contribution is 6.74. The van der Waals surface area contributed by atoms with Gasteiger partial charge in [-0.3, -0.25) is 9.59 Å². The van der Waals surface area contributed by atoms with Crippen molar-refractivity contribution in [1.82, 2.24) is 10.3 Å². The molecule has 1 atom stereocenters. The minimum Gasteiger partial charge on any atom is -0.474 e. The van der Waals surface area contributed by atoms with E-state index in [9.17, 15) is 14.0 Å². The fourth-order valence-electron chi connectivity index (χ4n) is 3.69. The topological polar surface area (TPSA) is 80.8 Å². The third-order valence-electron chi connectivity index (χ3n) is 6.77. The highest BCUT2D eigenvalue weighted by atomic mass is 35.5. The van der Waals surface area contributed by atoms with E-state index in [1.54, 1.807) is 23.1 Å². The van der Waals surface area contributed by atoms with Gasteiger partial charge in [0.2, 0.25) is 11.8 Å². The van der Waals surface area contributed by atoms with Crippen LogP contribution in [0.4, 0.5) is 10.1 Å². The lowest BCUT2D eigenvalue weighted by molar-refractivity contribution is -0.117. The molecule has 0 radical (unpaired) electrons. The number of anilines is 1. The summed E-state index contributed by atoms with van der Waals surface area (Å²) in [6.45, 7) is 13.6. The molecule has 0 unspecified atom stereocenters. The summed E-state index contributed by atoms with van der Waals surface area (Å²) in [7, 11) is -1.94. The van der Waals surface area contributed by atoms with Gasteiger partial charge in [-0.05, 0) is 60.8 Å². The predicted octanol–water partition coefficient (Wildman–Crippen LogP) is 4.92. The van der Waals surface area contributed by atoms with Gasteiger partial charge in [0.25, 0.3) is 5.91 Å². The van der Waals surface area contributed by atoms with E-state index in [1.165, 1.54) is 12.1 Å². The van der Waals surface area contributed by atoms with Crippen LogP contribution in [0, 0.1) is 5.82 Å². The van der Waals surface area contributed by atoms with Crippen molar-refractivity contribution in [3.63, 3.8) is 0 Å². The maximum absolute atomic E-state index is 13.5. The van der Waals surface area contributed by atoms with Crippen LogP contribution in [0.5, 0.6) is 5.88 Å². The number of hydrogen-bond acceptors (Lipinski definition) is 5. The summed E-state index contributed by atoms with van der Waals surface area (Å²) in [4.78, 5) is 31.9. The Bertz CT molecular complexity index is 1110. The van der Waals surface area contributed by atoms with Crippen molar-refractivity contribution in [1.29, 1.82) is 0 Å². The van der Waals surface area contributed by atoms with Crippen molar-refractivity contribution in [2.45, 2.75) is 58.3 Å². The first-order chi connectivity index (χ1) is 16.8. The lowest BCUT2D eigenvalue weighted by atomic mass is 10.0. The quantitative estimate of drug-likeness (QED) is 0.295. The summed E-state index contributed by atoms with van der Waals surface area (Å²) < 4.78 is 25.4. The van der Waals surface area contributed by atoms with Crippen LogP contribution < -0.4 is 15.0 Å². The molecule has 0 bridgehead atoms. The monoisotopic (exact) mass is 535 g/mol. The standard InChI is InChI=1S/C26H35ClFN3O4Si/c1-17-16-34-25-21(31(17)22(32)15-27)14-19(13-18-7-9-20(28)10-8-18)23(30-25)24(33)29-11-12-35-36(5,6)26(2,3)4/h7-10,14,17H,11-13,15-16H2,1-6H3,(H,29,33)/t17-/m0/s1.